The molecule has 0 saturated carbocycles. The molecule has 1 heterocycles. The van der Waals surface area contributed by atoms with Crippen molar-refractivity contribution in [1.29, 1.82) is 0 Å². The summed E-state index contributed by atoms with van der Waals surface area (Å²) in [5.74, 6) is -0.411. The van der Waals surface area contributed by atoms with E-state index in [1.807, 2.05) is 18.2 Å². The number of primary sulfonamides is 1. The van der Waals surface area contributed by atoms with Crippen LogP contribution in [0.4, 0.5) is 4.39 Å². The second-order valence-electron chi connectivity index (χ2n) is 7.22. The first kappa shape index (κ1) is 19.3. The Morgan fingerprint density at radius 1 is 1.14 bits per heavy atom. The van der Waals surface area contributed by atoms with Crippen LogP contribution in [0.2, 0.25) is 0 Å². The number of sulfonamides is 1. The van der Waals surface area contributed by atoms with Crippen molar-refractivity contribution in [2.45, 2.75) is 23.3 Å². The van der Waals surface area contributed by atoms with E-state index in [1.165, 1.54) is 17.7 Å². The summed E-state index contributed by atoms with van der Waals surface area (Å²) >= 11 is 0. The van der Waals surface area contributed by atoms with Gasteiger partial charge in [-0.3, -0.25) is 4.90 Å². The lowest BCUT2D eigenvalue weighted by atomic mass is 10.0. The normalized spacial score (nSPS) is 22.8. The van der Waals surface area contributed by atoms with E-state index in [0.717, 1.165) is 50.9 Å². The quantitative estimate of drug-likeness (QED) is 0.825. The molecule has 4 rings (SSSR count). The molecule has 0 aromatic heterocycles. The summed E-state index contributed by atoms with van der Waals surface area (Å²) in [7, 11) is -3.95. The summed E-state index contributed by atoms with van der Waals surface area (Å²) in [6.07, 6.45) is 0.463. The van der Waals surface area contributed by atoms with Gasteiger partial charge in [0.25, 0.3) is 0 Å². The maximum atomic E-state index is 14.4. The molecular weight excluding hydrogens is 383 g/mol. The molecule has 8 heteroatoms. The van der Waals surface area contributed by atoms with E-state index in [9.17, 15) is 12.8 Å². The Morgan fingerprint density at radius 3 is 2.54 bits per heavy atom. The Kier molecular flexibility index (Phi) is 5.37. The van der Waals surface area contributed by atoms with Crippen LogP contribution in [0.15, 0.2) is 47.4 Å². The topological polar surface area (TPSA) is 81.9 Å². The lowest BCUT2D eigenvalue weighted by molar-refractivity contribution is 0.0338. The third-order valence-electron chi connectivity index (χ3n) is 5.36. The molecule has 0 spiro atoms. The third-order valence-corrected chi connectivity index (χ3v) is 6.28. The van der Waals surface area contributed by atoms with Crippen molar-refractivity contribution in [3.8, 4) is 5.75 Å². The first-order chi connectivity index (χ1) is 13.4. The summed E-state index contributed by atoms with van der Waals surface area (Å²) < 4.78 is 48.6. The summed E-state index contributed by atoms with van der Waals surface area (Å²) in [5.41, 5.74) is 2.27. The highest BCUT2D eigenvalue weighted by Crippen LogP contribution is 2.43. The fourth-order valence-electron chi connectivity index (χ4n) is 3.98. The van der Waals surface area contributed by atoms with Crippen molar-refractivity contribution in [2.24, 2.45) is 5.14 Å². The van der Waals surface area contributed by atoms with Crippen molar-refractivity contribution in [1.82, 2.24) is 4.90 Å². The van der Waals surface area contributed by atoms with Gasteiger partial charge >= 0.3 is 0 Å². The van der Waals surface area contributed by atoms with Crippen LogP contribution in [0.3, 0.4) is 0 Å². The van der Waals surface area contributed by atoms with Crippen molar-refractivity contribution in [3.63, 3.8) is 0 Å². The van der Waals surface area contributed by atoms with Gasteiger partial charge in [0.2, 0.25) is 10.0 Å². The van der Waals surface area contributed by atoms with Crippen LogP contribution in [-0.2, 0) is 14.8 Å². The molecule has 2 aromatic rings. The SMILES string of the molecule is NS(=O)(=O)c1ccc(O[C@@H]2C[C@@H](CN3CCOCC3)c3ccccc32)c(F)c1. The molecular formula is C20H23FN2O4S. The van der Waals surface area contributed by atoms with Crippen LogP contribution < -0.4 is 9.88 Å². The number of ether oxygens (including phenoxy) is 2. The van der Waals surface area contributed by atoms with E-state index in [4.69, 9.17) is 14.6 Å². The van der Waals surface area contributed by atoms with Crippen molar-refractivity contribution >= 4 is 10.0 Å². The predicted octanol–water partition coefficient (Wildman–Crippen LogP) is 2.41. The average molecular weight is 406 g/mol. The molecule has 1 aliphatic carbocycles. The number of morpholine rings is 1. The molecule has 1 saturated heterocycles. The largest absolute Gasteiger partial charge is 0.483 e. The van der Waals surface area contributed by atoms with E-state index in [2.05, 4.69) is 11.0 Å². The van der Waals surface area contributed by atoms with E-state index < -0.39 is 15.8 Å². The third kappa shape index (κ3) is 4.05. The Morgan fingerprint density at radius 2 is 1.86 bits per heavy atom. The molecule has 0 unspecified atom stereocenters. The number of nitrogens with two attached hydrogens (primary N) is 1. The van der Waals surface area contributed by atoms with E-state index in [0.29, 0.717) is 5.92 Å². The molecule has 2 aromatic carbocycles. The minimum atomic E-state index is -3.95. The Balaban J connectivity index is 1.54. The summed E-state index contributed by atoms with van der Waals surface area (Å²) in [5, 5.41) is 5.06. The summed E-state index contributed by atoms with van der Waals surface area (Å²) in [4.78, 5) is 2.11. The fourth-order valence-corrected chi connectivity index (χ4v) is 4.50. The van der Waals surface area contributed by atoms with Gasteiger partial charge in [0.1, 0.15) is 6.10 Å². The molecule has 150 valence electrons. The number of halogens is 1. The van der Waals surface area contributed by atoms with E-state index in [1.54, 1.807) is 0 Å². The van der Waals surface area contributed by atoms with E-state index in [-0.39, 0.29) is 16.7 Å². The van der Waals surface area contributed by atoms with Crippen LogP contribution in [0.5, 0.6) is 5.75 Å². The minimum absolute atomic E-state index is 0.0271. The molecule has 0 amide bonds. The van der Waals surface area contributed by atoms with Gasteiger partial charge in [0.05, 0.1) is 18.1 Å². The van der Waals surface area contributed by atoms with Crippen LogP contribution in [0, 0.1) is 5.82 Å². The predicted molar refractivity (Wildman–Crippen MR) is 102 cm³/mol. The van der Waals surface area contributed by atoms with Crippen LogP contribution in [0.25, 0.3) is 0 Å². The monoisotopic (exact) mass is 406 g/mol. The molecule has 1 aliphatic heterocycles. The molecule has 2 atom stereocenters. The zero-order valence-corrected chi connectivity index (χ0v) is 16.2. The molecule has 2 aliphatic rings. The van der Waals surface area contributed by atoms with Crippen LogP contribution in [-0.4, -0.2) is 46.2 Å². The first-order valence-corrected chi connectivity index (χ1v) is 10.8. The lowest BCUT2D eigenvalue weighted by Gasteiger charge is -2.29. The zero-order chi connectivity index (χ0) is 19.7. The lowest BCUT2D eigenvalue weighted by Crippen LogP contribution is -2.38. The van der Waals surface area contributed by atoms with Gasteiger partial charge in [-0.2, -0.15) is 0 Å². The second kappa shape index (κ2) is 7.79. The first-order valence-electron chi connectivity index (χ1n) is 9.30. The Hall–Kier alpha value is -2.00. The number of nitrogens with zero attached hydrogens (tertiary/aromatic N) is 1. The van der Waals surface area contributed by atoms with Crippen molar-refractivity contribution in [2.75, 3.05) is 32.8 Å². The number of fused-ring (bicyclic) bond motifs is 1. The van der Waals surface area contributed by atoms with Gasteiger partial charge in [-0.15, -0.1) is 0 Å². The van der Waals surface area contributed by atoms with Crippen molar-refractivity contribution < 1.29 is 22.3 Å². The van der Waals surface area contributed by atoms with Gasteiger partial charge < -0.3 is 9.47 Å². The Labute approximate surface area is 164 Å². The summed E-state index contributed by atoms with van der Waals surface area (Å²) in [6.45, 7) is 4.22. The molecule has 2 N–H and O–H groups in total. The van der Waals surface area contributed by atoms with Gasteiger partial charge in [-0.05, 0) is 35.7 Å². The standard InChI is InChI=1S/C20H23FN2O4S/c21-18-12-15(28(22,24)25)5-6-19(18)27-20-11-14(13-23-7-9-26-10-8-23)16-3-1-2-4-17(16)20/h1-6,12,14,20H,7-11,13H2,(H2,22,24,25)/t14-,20+/m0/s1. The number of rotatable bonds is 5. The zero-order valence-electron chi connectivity index (χ0n) is 15.4. The maximum absolute atomic E-state index is 14.4. The van der Waals surface area contributed by atoms with Gasteiger partial charge in [0, 0.05) is 25.6 Å². The second-order valence-corrected chi connectivity index (χ2v) is 8.78. The van der Waals surface area contributed by atoms with Gasteiger partial charge in [-0.1, -0.05) is 24.3 Å². The number of hydrogen-bond acceptors (Lipinski definition) is 5. The number of hydrogen-bond donors (Lipinski definition) is 1. The van der Waals surface area contributed by atoms with E-state index >= 15 is 0 Å². The highest BCUT2D eigenvalue weighted by Gasteiger charge is 2.34. The van der Waals surface area contributed by atoms with Crippen LogP contribution in [0.1, 0.15) is 29.6 Å². The molecule has 0 radical (unpaired) electrons. The highest BCUT2D eigenvalue weighted by atomic mass is 32.2. The molecule has 1 fully saturated rings. The van der Waals surface area contributed by atoms with Gasteiger partial charge in [0.15, 0.2) is 11.6 Å². The summed E-state index contributed by atoms with van der Waals surface area (Å²) in [6, 6.07) is 11.6. The smallest absolute Gasteiger partial charge is 0.238 e. The maximum Gasteiger partial charge on any atom is 0.238 e. The minimum Gasteiger partial charge on any atom is -0.483 e. The van der Waals surface area contributed by atoms with Gasteiger partial charge in [-0.25, -0.2) is 17.9 Å². The van der Waals surface area contributed by atoms with Crippen LogP contribution >= 0.6 is 0 Å². The Bertz CT molecular complexity index is 960. The number of benzene rings is 2. The fraction of sp³-hybridized carbons (Fsp3) is 0.400. The average Bonchev–Trinajstić information content (AvgIpc) is 3.01. The highest BCUT2D eigenvalue weighted by molar-refractivity contribution is 7.89. The molecule has 0 bridgehead atoms. The van der Waals surface area contributed by atoms with Crippen molar-refractivity contribution in [3.05, 3.63) is 59.4 Å². The molecule has 6 nitrogen and oxygen atoms in total. The molecule has 28 heavy (non-hydrogen) atoms.